The molecule has 0 aliphatic carbocycles. The summed E-state index contributed by atoms with van der Waals surface area (Å²) >= 11 is 0. The summed E-state index contributed by atoms with van der Waals surface area (Å²) in [5.41, 5.74) is 3.23. The SMILES string of the molecule is CC[C@H](C)c1ccccc1NC(=O)[C@@H](C)N1CCN(c2ccc(O)cc2)CC1. The van der Waals surface area contributed by atoms with Crippen molar-refractivity contribution in [2.24, 2.45) is 0 Å². The molecule has 5 heteroatoms. The number of carbonyl (C=O) groups excluding carboxylic acids is 1. The number of carbonyl (C=O) groups is 1. The summed E-state index contributed by atoms with van der Waals surface area (Å²) in [7, 11) is 0. The topological polar surface area (TPSA) is 55.8 Å². The Hall–Kier alpha value is -2.53. The maximum atomic E-state index is 12.9. The van der Waals surface area contributed by atoms with Crippen molar-refractivity contribution in [2.75, 3.05) is 36.4 Å². The highest BCUT2D eigenvalue weighted by molar-refractivity contribution is 5.95. The first kappa shape index (κ1) is 20.2. The number of phenols is 1. The van der Waals surface area contributed by atoms with Gasteiger partial charge >= 0.3 is 0 Å². The minimum Gasteiger partial charge on any atom is -0.508 e. The van der Waals surface area contributed by atoms with Crippen LogP contribution in [0, 0.1) is 0 Å². The van der Waals surface area contributed by atoms with Crippen LogP contribution < -0.4 is 10.2 Å². The Balaban J connectivity index is 1.58. The minimum atomic E-state index is -0.174. The zero-order chi connectivity index (χ0) is 20.1. The lowest BCUT2D eigenvalue weighted by atomic mass is 9.97. The quantitative estimate of drug-likeness (QED) is 0.792. The molecular weight excluding hydrogens is 350 g/mol. The van der Waals surface area contributed by atoms with Gasteiger partial charge in [-0.3, -0.25) is 9.69 Å². The zero-order valence-corrected chi connectivity index (χ0v) is 17.1. The molecule has 0 aromatic heterocycles. The van der Waals surface area contributed by atoms with Crippen LogP contribution in [0.3, 0.4) is 0 Å². The van der Waals surface area contributed by atoms with Gasteiger partial charge in [-0.1, -0.05) is 32.0 Å². The van der Waals surface area contributed by atoms with E-state index in [0.717, 1.165) is 44.0 Å². The number of rotatable bonds is 6. The summed E-state index contributed by atoms with van der Waals surface area (Å²) in [6.45, 7) is 9.75. The first-order valence-electron chi connectivity index (χ1n) is 10.2. The lowest BCUT2D eigenvalue weighted by Gasteiger charge is -2.38. The minimum absolute atomic E-state index is 0.0498. The van der Waals surface area contributed by atoms with E-state index in [1.54, 1.807) is 12.1 Å². The third-order valence-electron chi connectivity index (χ3n) is 5.82. The first-order chi connectivity index (χ1) is 13.5. The molecule has 150 valence electrons. The van der Waals surface area contributed by atoms with Crippen LogP contribution in [0.25, 0.3) is 0 Å². The van der Waals surface area contributed by atoms with Crippen molar-refractivity contribution in [3.05, 3.63) is 54.1 Å². The lowest BCUT2D eigenvalue weighted by Crippen LogP contribution is -2.52. The molecule has 0 unspecified atom stereocenters. The predicted molar refractivity (Wildman–Crippen MR) is 115 cm³/mol. The van der Waals surface area contributed by atoms with Gasteiger partial charge in [0.1, 0.15) is 5.75 Å². The first-order valence-corrected chi connectivity index (χ1v) is 10.2. The van der Waals surface area contributed by atoms with E-state index in [1.165, 1.54) is 5.56 Å². The van der Waals surface area contributed by atoms with Crippen molar-refractivity contribution in [3.8, 4) is 5.75 Å². The highest BCUT2D eigenvalue weighted by Gasteiger charge is 2.26. The number of aromatic hydroxyl groups is 1. The number of nitrogens with zero attached hydrogens (tertiary/aromatic N) is 2. The van der Waals surface area contributed by atoms with Gasteiger partial charge in [-0.25, -0.2) is 0 Å². The Kier molecular flexibility index (Phi) is 6.57. The number of nitrogens with one attached hydrogen (secondary N) is 1. The van der Waals surface area contributed by atoms with Gasteiger partial charge in [-0.05, 0) is 55.2 Å². The van der Waals surface area contributed by atoms with Crippen LogP contribution in [0.5, 0.6) is 5.75 Å². The monoisotopic (exact) mass is 381 g/mol. The summed E-state index contributed by atoms with van der Waals surface area (Å²) in [5, 5.41) is 12.6. The van der Waals surface area contributed by atoms with E-state index in [-0.39, 0.29) is 17.7 Å². The molecule has 2 aromatic carbocycles. The van der Waals surface area contributed by atoms with Gasteiger partial charge in [0, 0.05) is 37.6 Å². The van der Waals surface area contributed by atoms with Gasteiger partial charge in [0.05, 0.1) is 6.04 Å². The normalized spacial score (nSPS) is 17.2. The second kappa shape index (κ2) is 9.11. The fourth-order valence-electron chi connectivity index (χ4n) is 3.69. The number of benzene rings is 2. The fourth-order valence-corrected chi connectivity index (χ4v) is 3.69. The molecule has 1 aliphatic heterocycles. The van der Waals surface area contributed by atoms with Crippen LogP contribution in [-0.4, -0.2) is 48.1 Å². The molecule has 0 saturated carbocycles. The zero-order valence-electron chi connectivity index (χ0n) is 17.1. The summed E-state index contributed by atoms with van der Waals surface area (Å²) < 4.78 is 0. The number of hydrogen-bond donors (Lipinski definition) is 2. The molecule has 1 fully saturated rings. The van der Waals surface area contributed by atoms with Crippen LogP contribution in [0.2, 0.25) is 0 Å². The number of phenolic OH excluding ortho intramolecular Hbond substituents is 1. The predicted octanol–water partition coefficient (Wildman–Crippen LogP) is 4.05. The van der Waals surface area contributed by atoms with Gasteiger partial charge < -0.3 is 15.3 Å². The highest BCUT2D eigenvalue weighted by atomic mass is 16.3. The molecule has 3 rings (SSSR count). The molecule has 0 radical (unpaired) electrons. The molecule has 28 heavy (non-hydrogen) atoms. The molecule has 2 N–H and O–H groups in total. The van der Waals surface area contributed by atoms with Crippen LogP contribution >= 0.6 is 0 Å². The van der Waals surface area contributed by atoms with E-state index >= 15 is 0 Å². The average molecular weight is 382 g/mol. The summed E-state index contributed by atoms with van der Waals surface area (Å²) in [4.78, 5) is 17.4. The van der Waals surface area contributed by atoms with Crippen LogP contribution in [0.4, 0.5) is 11.4 Å². The van der Waals surface area contributed by atoms with E-state index in [0.29, 0.717) is 5.92 Å². The van der Waals surface area contributed by atoms with Crippen molar-refractivity contribution in [3.63, 3.8) is 0 Å². The van der Waals surface area contributed by atoms with Crippen molar-refractivity contribution in [1.82, 2.24) is 4.90 Å². The molecule has 2 atom stereocenters. The van der Waals surface area contributed by atoms with Gasteiger partial charge in [0.15, 0.2) is 0 Å². The van der Waals surface area contributed by atoms with E-state index < -0.39 is 0 Å². The van der Waals surface area contributed by atoms with Crippen LogP contribution in [0.15, 0.2) is 48.5 Å². The molecule has 1 amide bonds. The summed E-state index contributed by atoms with van der Waals surface area (Å²) in [6, 6.07) is 15.2. The molecule has 1 aliphatic rings. The maximum absolute atomic E-state index is 12.9. The second-order valence-corrected chi connectivity index (χ2v) is 7.60. The second-order valence-electron chi connectivity index (χ2n) is 7.60. The number of amides is 1. The molecular formula is C23H31N3O2. The van der Waals surface area contributed by atoms with E-state index in [2.05, 4.69) is 35.0 Å². The molecule has 5 nitrogen and oxygen atoms in total. The number of hydrogen-bond acceptors (Lipinski definition) is 4. The lowest BCUT2D eigenvalue weighted by molar-refractivity contribution is -0.120. The van der Waals surface area contributed by atoms with Gasteiger partial charge in [-0.2, -0.15) is 0 Å². The Morgan fingerprint density at radius 3 is 2.32 bits per heavy atom. The standard InChI is InChI=1S/C23H31N3O2/c1-4-17(2)21-7-5-6-8-22(21)24-23(28)18(3)25-13-15-26(16-14-25)19-9-11-20(27)12-10-19/h5-12,17-18,27H,4,13-16H2,1-3H3,(H,24,28)/t17-,18+/m0/s1. The van der Waals surface area contributed by atoms with Gasteiger partial charge in [0.2, 0.25) is 5.91 Å². The van der Waals surface area contributed by atoms with Crippen molar-refractivity contribution >= 4 is 17.3 Å². The largest absolute Gasteiger partial charge is 0.508 e. The van der Waals surface area contributed by atoms with E-state index in [9.17, 15) is 9.90 Å². The highest BCUT2D eigenvalue weighted by Crippen LogP contribution is 2.27. The third kappa shape index (κ3) is 4.65. The van der Waals surface area contributed by atoms with Crippen molar-refractivity contribution in [1.29, 1.82) is 0 Å². The molecule has 2 aromatic rings. The third-order valence-corrected chi connectivity index (χ3v) is 5.82. The van der Waals surface area contributed by atoms with E-state index in [1.807, 2.05) is 37.3 Å². The number of para-hydroxylation sites is 1. The van der Waals surface area contributed by atoms with Gasteiger partial charge in [0.25, 0.3) is 0 Å². The van der Waals surface area contributed by atoms with E-state index in [4.69, 9.17) is 0 Å². The van der Waals surface area contributed by atoms with Gasteiger partial charge in [-0.15, -0.1) is 0 Å². The van der Waals surface area contributed by atoms with Crippen LogP contribution in [0.1, 0.15) is 38.7 Å². The maximum Gasteiger partial charge on any atom is 0.241 e. The molecule has 1 heterocycles. The molecule has 1 saturated heterocycles. The summed E-state index contributed by atoms with van der Waals surface area (Å²) in [5.74, 6) is 0.750. The molecule has 0 bridgehead atoms. The van der Waals surface area contributed by atoms with Crippen molar-refractivity contribution < 1.29 is 9.90 Å². The van der Waals surface area contributed by atoms with Crippen LogP contribution in [-0.2, 0) is 4.79 Å². The Labute approximate surface area is 168 Å². The number of anilines is 2. The summed E-state index contributed by atoms with van der Waals surface area (Å²) in [6.07, 6.45) is 1.04. The van der Waals surface area contributed by atoms with Crippen molar-refractivity contribution in [2.45, 2.75) is 39.2 Å². The number of piperazine rings is 1. The Morgan fingerprint density at radius 2 is 1.68 bits per heavy atom. The fraction of sp³-hybridized carbons (Fsp3) is 0.435. The average Bonchev–Trinajstić information content (AvgIpc) is 2.73. The Bertz CT molecular complexity index is 783. The Morgan fingerprint density at radius 1 is 1.04 bits per heavy atom. The smallest absolute Gasteiger partial charge is 0.241 e. The molecule has 0 spiro atoms.